The molecule has 4 unspecified atom stereocenters. The summed E-state index contributed by atoms with van der Waals surface area (Å²) in [6.45, 7) is 1.16. The summed E-state index contributed by atoms with van der Waals surface area (Å²) in [5.74, 6) is 0. The van der Waals surface area contributed by atoms with Crippen LogP contribution in [0.3, 0.4) is 0 Å². The molecule has 0 radical (unpaired) electrons. The highest BCUT2D eigenvalue weighted by Crippen LogP contribution is 2.37. The second kappa shape index (κ2) is 9.92. The van der Waals surface area contributed by atoms with Gasteiger partial charge in [-0.05, 0) is 55.0 Å². The third kappa shape index (κ3) is 5.36. The number of cyclic esters (lactones) is 1. The van der Waals surface area contributed by atoms with E-state index in [9.17, 15) is 22.4 Å². The lowest BCUT2D eigenvalue weighted by Crippen LogP contribution is -2.62. The predicted molar refractivity (Wildman–Crippen MR) is 118 cm³/mol. The maximum atomic E-state index is 13.3. The van der Waals surface area contributed by atoms with Crippen LogP contribution in [0.15, 0.2) is 48.5 Å². The standard InChI is InChI=1S/C25H28F4N2O3/c1-16(18-11-17(14-26)12-20(13-18)25(27,28)29)34-15-24(19-5-3-2-4-6-19)9-7-21-22(31-24)8-10-33-23(32)30-21/h2-6,11-13,16,21-22,31H,7-10,14-15H2,1H3,(H,30,32). The summed E-state index contributed by atoms with van der Waals surface area (Å²) in [6, 6.07) is 12.8. The molecule has 0 saturated carbocycles. The number of alkyl carbamates (subject to hydrolysis) is 1. The molecule has 5 nitrogen and oxygen atoms in total. The number of nitrogens with one attached hydrogen (secondary N) is 2. The number of amides is 1. The van der Waals surface area contributed by atoms with Gasteiger partial charge >= 0.3 is 12.3 Å². The summed E-state index contributed by atoms with van der Waals surface area (Å²) in [5, 5.41) is 6.54. The number of fused-ring (bicyclic) bond motifs is 1. The van der Waals surface area contributed by atoms with Gasteiger partial charge in [0.25, 0.3) is 0 Å². The third-order valence-electron chi connectivity index (χ3n) is 6.67. The smallest absolute Gasteiger partial charge is 0.416 e. The number of carbonyl (C=O) groups excluding carboxylic acids is 1. The van der Waals surface area contributed by atoms with Gasteiger partial charge in [-0.1, -0.05) is 36.4 Å². The van der Waals surface area contributed by atoms with Gasteiger partial charge in [-0.25, -0.2) is 9.18 Å². The highest BCUT2D eigenvalue weighted by atomic mass is 19.4. The Hall–Kier alpha value is -2.65. The Morgan fingerprint density at radius 1 is 1.15 bits per heavy atom. The van der Waals surface area contributed by atoms with Crippen molar-refractivity contribution in [2.24, 2.45) is 0 Å². The molecule has 2 saturated heterocycles. The van der Waals surface area contributed by atoms with E-state index < -0.39 is 36.2 Å². The van der Waals surface area contributed by atoms with Gasteiger partial charge in [0, 0.05) is 12.1 Å². The highest BCUT2D eigenvalue weighted by molar-refractivity contribution is 5.68. The van der Waals surface area contributed by atoms with Crippen molar-refractivity contribution in [1.29, 1.82) is 0 Å². The number of carbonyl (C=O) groups is 1. The molecular formula is C25H28F4N2O3. The third-order valence-corrected chi connectivity index (χ3v) is 6.67. The molecule has 2 heterocycles. The number of hydrogen-bond donors (Lipinski definition) is 2. The van der Waals surface area contributed by atoms with Gasteiger partial charge in [0.05, 0.1) is 30.4 Å². The number of ether oxygens (including phenoxy) is 2. The largest absolute Gasteiger partial charge is 0.449 e. The van der Waals surface area contributed by atoms with E-state index in [4.69, 9.17) is 9.47 Å². The number of rotatable bonds is 6. The molecule has 2 aromatic rings. The molecule has 2 N–H and O–H groups in total. The second-order valence-electron chi connectivity index (χ2n) is 8.96. The first-order valence-corrected chi connectivity index (χ1v) is 11.4. The van der Waals surface area contributed by atoms with Crippen molar-refractivity contribution in [2.75, 3.05) is 13.2 Å². The van der Waals surface area contributed by atoms with Gasteiger partial charge in [-0.15, -0.1) is 0 Å². The zero-order chi connectivity index (χ0) is 24.3. The van der Waals surface area contributed by atoms with E-state index in [1.54, 1.807) is 6.92 Å². The van der Waals surface area contributed by atoms with Crippen molar-refractivity contribution >= 4 is 6.09 Å². The zero-order valence-corrected chi connectivity index (χ0v) is 18.8. The fraction of sp³-hybridized carbons (Fsp3) is 0.480. The molecule has 2 aliphatic rings. The minimum absolute atomic E-state index is 0.0362. The molecule has 0 bridgehead atoms. The number of halogens is 4. The topological polar surface area (TPSA) is 59.6 Å². The summed E-state index contributed by atoms with van der Waals surface area (Å²) in [6.07, 6.45) is -3.74. The minimum Gasteiger partial charge on any atom is -0.449 e. The van der Waals surface area contributed by atoms with Gasteiger partial charge in [-0.2, -0.15) is 13.2 Å². The van der Waals surface area contributed by atoms with E-state index in [0.717, 1.165) is 17.7 Å². The molecule has 1 amide bonds. The maximum absolute atomic E-state index is 13.3. The molecule has 2 aliphatic heterocycles. The molecule has 0 aliphatic carbocycles. The predicted octanol–water partition coefficient (Wildman–Crippen LogP) is 5.40. The fourth-order valence-corrected chi connectivity index (χ4v) is 4.79. The monoisotopic (exact) mass is 480 g/mol. The zero-order valence-electron chi connectivity index (χ0n) is 18.8. The first-order chi connectivity index (χ1) is 16.2. The molecule has 2 fully saturated rings. The summed E-state index contributed by atoms with van der Waals surface area (Å²) in [5.41, 5.74) is -0.263. The number of hydrogen-bond acceptors (Lipinski definition) is 4. The molecule has 34 heavy (non-hydrogen) atoms. The number of alkyl halides is 4. The molecule has 4 atom stereocenters. The molecule has 4 rings (SSSR count). The molecule has 184 valence electrons. The van der Waals surface area contributed by atoms with Crippen LogP contribution in [0.25, 0.3) is 0 Å². The summed E-state index contributed by atoms with van der Waals surface area (Å²) >= 11 is 0. The Kier molecular flexibility index (Phi) is 7.14. The van der Waals surface area contributed by atoms with Crippen molar-refractivity contribution in [3.8, 4) is 0 Å². The lowest BCUT2D eigenvalue weighted by atomic mass is 9.78. The summed E-state index contributed by atoms with van der Waals surface area (Å²) < 4.78 is 64.5. The first kappa shape index (κ1) is 24.5. The fourth-order valence-electron chi connectivity index (χ4n) is 4.79. The van der Waals surface area contributed by atoms with Crippen molar-refractivity contribution in [2.45, 2.75) is 62.8 Å². The minimum atomic E-state index is -4.57. The van der Waals surface area contributed by atoms with Crippen LogP contribution in [0.4, 0.5) is 22.4 Å². The average molecular weight is 481 g/mol. The molecular weight excluding hydrogens is 452 g/mol. The van der Waals surface area contributed by atoms with Gasteiger partial charge in [0.2, 0.25) is 0 Å². The highest BCUT2D eigenvalue weighted by Gasteiger charge is 2.43. The van der Waals surface area contributed by atoms with E-state index in [0.29, 0.717) is 25.9 Å². The van der Waals surface area contributed by atoms with Crippen LogP contribution < -0.4 is 10.6 Å². The van der Waals surface area contributed by atoms with Gasteiger partial charge in [0.1, 0.15) is 6.67 Å². The van der Waals surface area contributed by atoms with E-state index in [-0.39, 0.29) is 29.8 Å². The lowest BCUT2D eigenvalue weighted by molar-refractivity contribution is -0.137. The first-order valence-electron chi connectivity index (χ1n) is 11.4. The lowest BCUT2D eigenvalue weighted by Gasteiger charge is -2.46. The second-order valence-corrected chi connectivity index (χ2v) is 8.96. The number of piperidine rings is 1. The molecule has 9 heteroatoms. The van der Waals surface area contributed by atoms with Crippen molar-refractivity contribution in [3.05, 3.63) is 70.8 Å². The van der Waals surface area contributed by atoms with Crippen LogP contribution in [-0.2, 0) is 27.9 Å². The van der Waals surface area contributed by atoms with Crippen LogP contribution >= 0.6 is 0 Å². The SMILES string of the molecule is CC(OCC1(c2ccccc2)CCC2NC(=O)OCCC2N1)c1cc(CF)cc(C(F)(F)F)c1. The van der Waals surface area contributed by atoms with Crippen LogP contribution in [0.1, 0.15) is 54.5 Å². The van der Waals surface area contributed by atoms with E-state index in [1.165, 1.54) is 6.07 Å². The van der Waals surface area contributed by atoms with E-state index >= 15 is 0 Å². The Morgan fingerprint density at radius 2 is 1.91 bits per heavy atom. The van der Waals surface area contributed by atoms with Crippen molar-refractivity contribution in [1.82, 2.24) is 10.6 Å². The van der Waals surface area contributed by atoms with Crippen molar-refractivity contribution < 1.29 is 31.8 Å². The number of benzene rings is 2. The van der Waals surface area contributed by atoms with E-state index in [2.05, 4.69) is 10.6 Å². The quantitative estimate of drug-likeness (QED) is 0.544. The van der Waals surface area contributed by atoms with Gasteiger partial charge < -0.3 is 20.1 Å². The van der Waals surface area contributed by atoms with Crippen LogP contribution in [0.2, 0.25) is 0 Å². The molecule has 0 spiro atoms. The van der Waals surface area contributed by atoms with Crippen molar-refractivity contribution in [3.63, 3.8) is 0 Å². The summed E-state index contributed by atoms with van der Waals surface area (Å²) in [7, 11) is 0. The van der Waals surface area contributed by atoms with Crippen LogP contribution in [0, 0.1) is 0 Å². The Bertz CT molecular complexity index is 1000. The molecule has 0 aromatic heterocycles. The van der Waals surface area contributed by atoms with Gasteiger partial charge in [0.15, 0.2) is 0 Å². The van der Waals surface area contributed by atoms with E-state index in [1.807, 2.05) is 30.3 Å². The Labute approximate surface area is 195 Å². The Balaban J connectivity index is 1.57. The van der Waals surface area contributed by atoms with Crippen LogP contribution in [0.5, 0.6) is 0 Å². The Morgan fingerprint density at radius 3 is 2.62 bits per heavy atom. The van der Waals surface area contributed by atoms with Crippen LogP contribution in [-0.4, -0.2) is 31.4 Å². The van der Waals surface area contributed by atoms with Gasteiger partial charge in [-0.3, -0.25) is 0 Å². The molecule has 2 aromatic carbocycles. The maximum Gasteiger partial charge on any atom is 0.416 e. The average Bonchev–Trinajstić information content (AvgIpc) is 3.02. The summed E-state index contributed by atoms with van der Waals surface area (Å²) in [4.78, 5) is 11.8. The normalized spacial score (nSPS) is 26.1.